The maximum Gasteiger partial charge on any atom is 0.252 e. The molecular formula is C16H18N4O2. The molecule has 2 rings (SSSR count). The molecule has 0 aliphatic rings. The zero-order chi connectivity index (χ0) is 15.9. The number of rotatable bonds is 6. The van der Waals surface area contributed by atoms with Crippen LogP contribution in [-0.2, 0) is 0 Å². The van der Waals surface area contributed by atoms with Crippen molar-refractivity contribution >= 4 is 12.1 Å². The van der Waals surface area contributed by atoms with Crippen LogP contribution in [0.25, 0.3) is 0 Å². The minimum absolute atomic E-state index is 0.196. The number of anilines is 1. The van der Waals surface area contributed by atoms with Crippen molar-refractivity contribution in [2.24, 2.45) is 5.10 Å². The van der Waals surface area contributed by atoms with Gasteiger partial charge in [0.25, 0.3) is 5.88 Å². The molecule has 114 valence electrons. The van der Waals surface area contributed by atoms with Crippen LogP contribution in [0.2, 0.25) is 0 Å². The van der Waals surface area contributed by atoms with Gasteiger partial charge in [-0.05, 0) is 42.7 Å². The summed E-state index contributed by atoms with van der Waals surface area (Å²) in [5.41, 5.74) is 3.71. The van der Waals surface area contributed by atoms with Crippen molar-refractivity contribution < 1.29 is 9.52 Å². The summed E-state index contributed by atoms with van der Waals surface area (Å²) in [6.45, 7) is 4.11. The van der Waals surface area contributed by atoms with Crippen LogP contribution in [-0.4, -0.2) is 16.3 Å². The topological polar surface area (TPSA) is 94.4 Å². The molecule has 0 saturated carbocycles. The molecule has 0 unspecified atom stereocenters. The first-order valence-corrected chi connectivity index (χ1v) is 7.16. The molecule has 0 atom stereocenters. The Hall–Kier alpha value is -2.81. The van der Waals surface area contributed by atoms with Crippen molar-refractivity contribution in [2.75, 3.05) is 5.43 Å². The number of nitrogens with zero attached hydrogens (tertiary/aromatic N) is 3. The molecule has 0 aliphatic heterocycles. The Bertz CT molecular complexity index is 679. The number of phenolic OH excluding ortho intramolecular Hbond substituents is 1. The van der Waals surface area contributed by atoms with Gasteiger partial charge in [-0.2, -0.15) is 10.4 Å². The quantitative estimate of drug-likeness (QED) is 0.627. The number of aromatic nitrogens is 1. The van der Waals surface area contributed by atoms with E-state index in [1.54, 1.807) is 30.5 Å². The predicted octanol–water partition coefficient (Wildman–Crippen LogP) is 3.60. The molecule has 22 heavy (non-hydrogen) atoms. The number of oxazole rings is 1. The molecule has 1 aromatic carbocycles. The molecule has 0 amide bonds. The van der Waals surface area contributed by atoms with E-state index < -0.39 is 0 Å². The predicted molar refractivity (Wildman–Crippen MR) is 83.9 cm³/mol. The average molecular weight is 298 g/mol. The van der Waals surface area contributed by atoms with Crippen molar-refractivity contribution in [3.63, 3.8) is 0 Å². The van der Waals surface area contributed by atoms with Gasteiger partial charge in [-0.15, -0.1) is 0 Å². The number of nitriles is 1. The number of hydrogen-bond acceptors (Lipinski definition) is 6. The maximum atomic E-state index is 9.21. The molecular weight excluding hydrogens is 280 g/mol. The van der Waals surface area contributed by atoms with Crippen molar-refractivity contribution in [3.05, 3.63) is 41.4 Å². The number of phenols is 1. The zero-order valence-electron chi connectivity index (χ0n) is 12.6. The molecule has 0 fully saturated rings. The van der Waals surface area contributed by atoms with Crippen molar-refractivity contribution in [3.8, 4) is 11.8 Å². The fourth-order valence-corrected chi connectivity index (χ4v) is 2.03. The summed E-state index contributed by atoms with van der Waals surface area (Å²) in [7, 11) is 0. The van der Waals surface area contributed by atoms with E-state index in [-0.39, 0.29) is 23.2 Å². The molecule has 1 heterocycles. The summed E-state index contributed by atoms with van der Waals surface area (Å²) in [5, 5.41) is 22.4. The summed E-state index contributed by atoms with van der Waals surface area (Å²) >= 11 is 0. The summed E-state index contributed by atoms with van der Waals surface area (Å²) in [6.07, 6.45) is 3.37. The van der Waals surface area contributed by atoms with Crippen LogP contribution in [0.5, 0.6) is 5.75 Å². The van der Waals surface area contributed by atoms with E-state index in [0.717, 1.165) is 18.4 Å². The third kappa shape index (κ3) is 3.64. The minimum atomic E-state index is 0.196. The Morgan fingerprint density at radius 2 is 2.05 bits per heavy atom. The van der Waals surface area contributed by atoms with Gasteiger partial charge >= 0.3 is 0 Å². The van der Waals surface area contributed by atoms with Crippen LogP contribution in [0.15, 0.2) is 33.8 Å². The van der Waals surface area contributed by atoms with Crippen molar-refractivity contribution in [2.45, 2.75) is 32.6 Å². The first-order chi connectivity index (χ1) is 10.7. The number of hydrazone groups is 1. The molecule has 0 saturated heterocycles. The van der Waals surface area contributed by atoms with Gasteiger partial charge in [-0.1, -0.05) is 13.8 Å². The Kier molecular flexibility index (Phi) is 5.15. The lowest BCUT2D eigenvalue weighted by molar-refractivity contribution is 0.439. The smallest absolute Gasteiger partial charge is 0.252 e. The first kappa shape index (κ1) is 15.6. The first-order valence-electron chi connectivity index (χ1n) is 7.16. The standard InChI is InChI=1S/C16H18N4O2/c1-3-12(4-2)15-19-14(9-17)16(22-15)20-18-10-11-5-7-13(21)8-6-11/h5-8,10,12,20-21H,3-4H2,1-2H3. The molecule has 0 bridgehead atoms. The van der Waals surface area contributed by atoms with E-state index in [9.17, 15) is 5.11 Å². The van der Waals surface area contributed by atoms with E-state index in [4.69, 9.17) is 9.68 Å². The number of hydrogen-bond donors (Lipinski definition) is 2. The zero-order valence-corrected chi connectivity index (χ0v) is 12.6. The monoisotopic (exact) mass is 298 g/mol. The van der Waals surface area contributed by atoms with Crippen LogP contribution < -0.4 is 5.43 Å². The van der Waals surface area contributed by atoms with Crippen LogP contribution in [0.3, 0.4) is 0 Å². The molecule has 0 spiro atoms. The van der Waals surface area contributed by atoms with Crippen molar-refractivity contribution in [1.82, 2.24) is 4.98 Å². The second-order valence-corrected chi connectivity index (χ2v) is 4.82. The molecule has 0 radical (unpaired) electrons. The van der Waals surface area contributed by atoms with Gasteiger partial charge in [0.1, 0.15) is 11.8 Å². The molecule has 0 aliphatic carbocycles. The highest BCUT2D eigenvalue weighted by Crippen LogP contribution is 2.27. The Morgan fingerprint density at radius 1 is 1.36 bits per heavy atom. The van der Waals surface area contributed by atoms with Gasteiger partial charge in [0.05, 0.1) is 6.21 Å². The van der Waals surface area contributed by atoms with E-state index in [1.165, 1.54) is 0 Å². The lowest BCUT2D eigenvalue weighted by atomic mass is 10.0. The van der Waals surface area contributed by atoms with Gasteiger partial charge in [-0.25, -0.2) is 10.4 Å². The summed E-state index contributed by atoms with van der Waals surface area (Å²) in [6, 6.07) is 8.59. The highest BCUT2D eigenvalue weighted by atomic mass is 16.4. The summed E-state index contributed by atoms with van der Waals surface area (Å²) in [4.78, 5) is 4.21. The average Bonchev–Trinajstić information content (AvgIpc) is 2.94. The maximum absolute atomic E-state index is 9.21. The Balaban J connectivity index is 2.12. The third-order valence-electron chi connectivity index (χ3n) is 3.36. The largest absolute Gasteiger partial charge is 0.508 e. The van der Waals surface area contributed by atoms with Crippen LogP contribution >= 0.6 is 0 Å². The van der Waals surface area contributed by atoms with Crippen LogP contribution in [0, 0.1) is 11.3 Å². The summed E-state index contributed by atoms with van der Waals surface area (Å²) < 4.78 is 5.61. The molecule has 6 heteroatoms. The second-order valence-electron chi connectivity index (χ2n) is 4.82. The second kappa shape index (κ2) is 7.27. The van der Waals surface area contributed by atoms with E-state index in [1.807, 2.05) is 6.07 Å². The van der Waals surface area contributed by atoms with Gasteiger partial charge in [0.15, 0.2) is 0 Å². The van der Waals surface area contributed by atoms with E-state index in [0.29, 0.717) is 5.89 Å². The number of aromatic hydroxyl groups is 1. The third-order valence-corrected chi connectivity index (χ3v) is 3.36. The number of benzene rings is 1. The Morgan fingerprint density at radius 3 is 2.64 bits per heavy atom. The number of nitrogens with one attached hydrogen (secondary N) is 1. The van der Waals surface area contributed by atoms with Crippen LogP contribution in [0.1, 0.15) is 49.8 Å². The van der Waals surface area contributed by atoms with Crippen molar-refractivity contribution in [1.29, 1.82) is 5.26 Å². The van der Waals surface area contributed by atoms with E-state index in [2.05, 4.69) is 29.4 Å². The van der Waals surface area contributed by atoms with Gasteiger partial charge < -0.3 is 9.52 Å². The Labute approximate surface area is 129 Å². The van der Waals surface area contributed by atoms with Gasteiger partial charge in [-0.3, -0.25) is 0 Å². The molecule has 1 aromatic heterocycles. The summed E-state index contributed by atoms with van der Waals surface area (Å²) in [5.74, 6) is 1.20. The lowest BCUT2D eigenvalue weighted by Gasteiger charge is -2.05. The van der Waals surface area contributed by atoms with Gasteiger partial charge in [0.2, 0.25) is 11.6 Å². The molecule has 2 aromatic rings. The van der Waals surface area contributed by atoms with Crippen LogP contribution in [0.4, 0.5) is 5.88 Å². The highest BCUT2D eigenvalue weighted by molar-refractivity contribution is 5.80. The molecule has 2 N–H and O–H groups in total. The fraction of sp³-hybridized carbons (Fsp3) is 0.312. The fourth-order valence-electron chi connectivity index (χ4n) is 2.03. The highest BCUT2D eigenvalue weighted by Gasteiger charge is 2.18. The normalized spacial score (nSPS) is 11.0. The van der Waals surface area contributed by atoms with Gasteiger partial charge in [0, 0.05) is 5.92 Å². The SMILES string of the molecule is CCC(CC)c1nc(C#N)c(NN=Cc2ccc(O)cc2)o1. The van der Waals surface area contributed by atoms with E-state index >= 15 is 0 Å². The molecule has 6 nitrogen and oxygen atoms in total. The minimum Gasteiger partial charge on any atom is -0.508 e. The lowest BCUT2D eigenvalue weighted by Crippen LogP contribution is -1.95.